The molecule has 0 bridgehead atoms. The minimum atomic E-state index is -4.50. The molecule has 5 nitrogen and oxygen atoms in total. The van der Waals surface area contributed by atoms with Crippen LogP contribution < -0.4 is 0 Å². The van der Waals surface area contributed by atoms with E-state index in [2.05, 4.69) is 4.98 Å². The smallest absolute Gasteiger partial charge is 0.433 e. The Labute approximate surface area is 112 Å². The lowest BCUT2D eigenvalue weighted by molar-refractivity contribution is -0.142. The molecule has 1 aromatic heterocycles. The van der Waals surface area contributed by atoms with Gasteiger partial charge in [-0.2, -0.15) is 13.2 Å². The van der Waals surface area contributed by atoms with Crippen LogP contribution in [0.1, 0.15) is 17.7 Å². The number of aliphatic carboxylic acids is 1. The molecule has 1 fully saturated rings. The molecule has 0 radical (unpaired) electrons. The first kappa shape index (κ1) is 14.3. The number of hydrogen-bond acceptors (Lipinski definition) is 3. The monoisotopic (exact) mass is 288 g/mol. The van der Waals surface area contributed by atoms with E-state index < -0.39 is 23.8 Å². The molecule has 1 aliphatic rings. The van der Waals surface area contributed by atoms with Crippen LogP contribution in [-0.4, -0.2) is 33.4 Å². The highest BCUT2D eigenvalue weighted by Gasteiger charge is 2.35. The van der Waals surface area contributed by atoms with Crippen LogP contribution in [0.15, 0.2) is 18.3 Å². The van der Waals surface area contributed by atoms with E-state index in [0.717, 1.165) is 12.3 Å². The van der Waals surface area contributed by atoms with Gasteiger partial charge >= 0.3 is 12.1 Å². The number of amides is 1. The third-order valence-electron chi connectivity index (χ3n) is 3.05. The summed E-state index contributed by atoms with van der Waals surface area (Å²) in [5, 5.41) is 8.82. The maximum atomic E-state index is 12.3. The molecule has 1 aromatic rings. The summed E-state index contributed by atoms with van der Waals surface area (Å²) in [7, 11) is 0. The van der Waals surface area contributed by atoms with Crippen LogP contribution in [-0.2, 0) is 22.3 Å². The zero-order chi connectivity index (χ0) is 14.9. The van der Waals surface area contributed by atoms with Crippen LogP contribution in [0.25, 0.3) is 0 Å². The number of alkyl halides is 3. The van der Waals surface area contributed by atoms with Crippen LogP contribution in [0.5, 0.6) is 0 Å². The van der Waals surface area contributed by atoms with Crippen molar-refractivity contribution >= 4 is 11.9 Å². The number of carboxylic acids is 1. The lowest BCUT2D eigenvalue weighted by Crippen LogP contribution is -2.25. The summed E-state index contributed by atoms with van der Waals surface area (Å²) in [6, 6.07) is 2.07. The highest BCUT2D eigenvalue weighted by atomic mass is 19.4. The van der Waals surface area contributed by atoms with Crippen molar-refractivity contribution in [2.75, 3.05) is 6.54 Å². The largest absolute Gasteiger partial charge is 0.481 e. The van der Waals surface area contributed by atoms with Crippen molar-refractivity contribution in [3.63, 3.8) is 0 Å². The first-order valence-electron chi connectivity index (χ1n) is 5.80. The first-order valence-corrected chi connectivity index (χ1v) is 5.80. The van der Waals surface area contributed by atoms with Gasteiger partial charge in [-0.25, -0.2) is 0 Å². The SMILES string of the molecule is O=C(O)C1CC(=O)N(Cc2ccc(C(F)(F)F)nc2)C1. The highest BCUT2D eigenvalue weighted by molar-refractivity contribution is 5.86. The average molecular weight is 288 g/mol. The molecule has 1 saturated heterocycles. The van der Waals surface area contributed by atoms with Crippen LogP contribution in [0.4, 0.5) is 13.2 Å². The molecule has 8 heteroatoms. The number of likely N-dealkylation sites (tertiary alicyclic amines) is 1. The lowest BCUT2D eigenvalue weighted by atomic mass is 10.1. The zero-order valence-corrected chi connectivity index (χ0v) is 10.2. The molecule has 1 amide bonds. The molecule has 0 aromatic carbocycles. The molecular weight excluding hydrogens is 277 g/mol. The van der Waals surface area contributed by atoms with Gasteiger partial charge in [0.15, 0.2) is 0 Å². The van der Waals surface area contributed by atoms with E-state index in [4.69, 9.17) is 5.11 Å². The Morgan fingerprint density at radius 1 is 1.45 bits per heavy atom. The second kappa shape index (κ2) is 5.10. The molecule has 1 aliphatic heterocycles. The maximum Gasteiger partial charge on any atom is 0.433 e. The van der Waals surface area contributed by atoms with Crippen molar-refractivity contribution in [3.8, 4) is 0 Å². The second-order valence-electron chi connectivity index (χ2n) is 4.56. The van der Waals surface area contributed by atoms with Gasteiger partial charge in [-0.1, -0.05) is 6.07 Å². The zero-order valence-electron chi connectivity index (χ0n) is 10.2. The van der Waals surface area contributed by atoms with Gasteiger partial charge in [-0.3, -0.25) is 14.6 Å². The number of carbonyl (C=O) groups excluding carboxylic acids is 1. The number of pyridine rings is 1. The van der Waals surface area contributed by atoms with Crippen LogP contribution in [0.2, 0.25) is 0 Å². The fourth-order valence-corrected chi connectivity index (χ4v) is 2.00. The van der Waals surface area contributed by atoms with Gasteiger partial charge in [0.1, 0.15) is 5.69 Å². The molecule has 0 spiro atoms. The Bertz CT molecular complexity index is 528. The highest BCUT2D eigenvalue weighted by Crippen LogP contribution is 2.27. The van der Waals surface area contributed by atoms with Crippen molar-refractivity contribution in [1.29, 1.82) is 0 Å². The maximum absolute atomic E-state index is 12.3. The summed E-state index contributed by atoms with van der Waals surface area (Å²) < 4.78 is 37.0. The molecule has 0 aliphatic carbocycles. The van der Waals surface area contributed by atoms with E-state index >= 15 is 0 Å². The number of halogens is 3. The number of carbonyl (C=O) groups is 2. The van der Waals surface area contributed by atoms with Gasteiger partial charge in [-0.05, 0) is 11.6 Å². The Morgan fingerprint density at radius 2 is 2.15 bits per heavy atom. The summed E-state index contributed by atoms with van der Waals surface area (Å²) in [6.07, 6.45) is -3.54. The van der Waals surface area contributed by atoms with Gasteiger partial charge < -0.3 is 10.0 Å². The standard InChI is InChI=1S/C12H11F3N2O3/c13-12(14,15)9-2-1-7(4-16-9)5-17-6-8(11(19)20)3-10(17)18/h1-2,4,8H,3,5-6H2,(H,19,20). The molecule has 2 rings (SSSR count). The van der Waals surface area contributed by atoms with Crippen LogP contribution in [0, 0.1) is 5.92 Å². The van der Waals surface area contributed by atoms with E-state index in [0.29, 0.717) is 5.56 Å². The lowest BCUT2D eigenvalue weighted by Gasteiger charge is -2.16. The van der Waals surface area contributed by atoms with Crippen molar-refractivity contribution in [1.82, 2.24) is 9.88 Å². The fraction of sp³-hybridized carbons (Fsp3) is 0.417. The summed E-state index contributed by atoms with van der Waals surface area (Å²) in [6.45, 7) is 0.128. The van der Waals surface area contributed by atoms with Gasteiger partial charge in [0.05, 0.1) is 5.92 Å². The summed E-state index contributed by atoms with van der Waals surface area (Å²) in [5.41, 5.74) is -0.574. The average Bonchev–Trinajstić information content (AvgIpc) is 2.71. The van der Waals surface area contributed by atoms with E-state index in [1.165, 1.54) is 11.0 Å². The molecule has 20 heavy (non-hydrogen) atoms. The number of carboxylic acid groups (broad SMARTS) is 1. The predicted molar refractivity (Wildman–Crippen MR) is 60.4 cm³/mol. The fourth-order valence-electron chi connectivity index (χ4n) is 2.00. The van der Waals surface area contributed by atoms with Crippen molar-refractivity contribution < 1.29 is 27.9 Å². The molecule has 108 valence electrons. The summed E-state index contributed by atoms with van der Waals surface area (Å²) >= 11 is 0. The van der Waals surface area contributed by atoms with Crippen molar-refractivity contribution in [2.45, 2.75) is 19.1 Å². The van der Waals surface area contributed by atoms with Gasteiger partial charge in [0.25, 0.3) is 0 Å². The topological polar surface area (TPSA) is 70.5 Å². The van der Waals surface area contributed by atoms with Crippen molar-refractivity contribution in [3.05, 3.63) is 29.6 Å². The number of nitrogens with zero attached hydrogens (tertiary/aromatic N) is 2. The molecule has 1 unspecified atom stereocenters. The van der Waals surface area contributed by atoms with Crippen molar-refractivity contribution in [2.24, 2.45) is 5.92 Å². The van der Waals surface area contributed by atoms with E-state index in [1.807, 2.05) is 0 Å². The van der Waals surface area contributed by atoms with Crippen LogP contribution in [0.3, 0.4) is 0 Å². The van der Waals surface area contributed by atoms with Gasteiger partial charge in [0, 0.05) is 25.7 Å². The predicted octanol–water partition coefficient (Wildman–Crippen LogP) is 1.53. The first-order chi connectivity index (χ1) is 9.27. The molecule has 2 heterocycles. The summed E-state index contributed by atoms with van der Waals surface area (Å²) in [4.78, 5) is 27.0. The molecule has 0 saturated carbocycles. The van der Waals surface area contributed by atoms with E-state index in [-0.39, 0.29) is 25.4 Å². The molecule has 1 N–H and O–H groups in total. The van der Waals surface area contributed by atoms with Crippen LogP contribution >= 0.6 is 0 Å². The number of rotatable bonds is 3. The van der Waals surface area contributed by atoms with E-state index in [9.17, 15) is 22.8 Å². The Hall–Kier alpha value is -2.12. The Kier molecular flexibility index (Phi) is 3.65. The van der Waals surface area contributed by atoms with Gasteiger partial charge in [-0.15, -0.1) is 0 Å². The molecule has 1 atom stereocenters. The summed E-state index contributed by atoms with van der Waals surface area (Å²) in [5.74, 6) is -2.13. The minimum absolute atomic E-state index is 0.0632. The minimum Gasteiger partial charge on any atom is -0.481 e. The quantitative estimate of drug-likeness (QED) is 0.915. The Balaban J connectivity index is 2.04. The normalized spacial score (nSPS) is 19.4. The second-order valence-corrected chi connectivity index (χ2v) is 4.56. The van der Waals surface area contributed by atoms with Gasteiger partial charge in [0.2, 0.25) is 5.91 Å². The van der Waals surface area contributed by atoms with E-state index in [1.54, 1.807) is 0 Å². The molecular formula is C12H11F3N2O3. The third kappa shape index (κ3) is 3.06. The number of aromatic nitrogens is 1. The number of hydrogen-bond donors (Lipinski definition) is 1. The Morgan fingerprint density at radius 3 is 2.60 bits per heavy atom. The third-order valence-corrected chi connectivity index (χ3v) is 3.05.